The monoisotopic (exact) mass is 458 g/mol. The van der Waals surface area contributed by atoms with Crippen LogP contribution < -0.4 is 10.1 Å². The van der Waals surface area contributed by atoms with E-state index in [9.17, 15) is 9.59 Å². The van der Waals surface area contributed by atoms with Gasteiger partial charge in [0.25, 0.3) is 5.91 Å². The average molecular weight is 459 g/mol. The van der Waals surface area contributed by atoms with E-state index in [0.717, 1.165) is 22.0 Å². The molecule has 0 saturated heterocycles. The zero-order valence-electron chi connectivity index (χ0n) is 19.6. The quantitative estimate of drug-likeness (QED) is 0.397. The number of hydrogen-bond acceptors (Lipinski definition) is 6. The van der Waals surface area contributed by atoms with Crippen LogP contribution in [0, 0.1) is 13.8 Å². The minimum absolute atomic E-state index is 0.139. The molecule has 4 rings (SSSR count). The van der Waals surface area contributed by atoms with Gasteiger partial charge in [-0.3, -0.25) is 4.79 Å². The molecule has 0 radical (unpaired) electrons. The van der Waals surface area contributed by atoms with E-state index in [1.807, 2.05) is 45.0 Å². The first-order valence-corrected chi connectivity index (χ1v) is 11.1. The minimum atomic E-state index is -0.583. The number of ether oxygens (including phenoxy) is 2. The van der Waals surface area contributed by atoms with Crippen LogP contribution in [0.5, 0.6) is 5.75 Å². The van der Waals surface area contributed by atoms with Gasteiger partial charge in [0, 0.05) is 10.9 Å². The Morgan fingerprint density at radius 3 is 2.56 bits per heavy atom. The fourth-order valence-corrected chi connectivity index (χ4v) is 3.73. The first-order chi connectivity index (χ1) is 16.4. The summed E-state index contributed by atoms with van der Waals surface area (Å²) in [6, 6.07) is 14.7. The summed E-state index contributed by atoms with van der Waals surface area (Å²) in [5.41, 5.74) is 3.36. The van der Waals surface area contributed by atoms with E-state index in [0.29, 0.717) is 23.7 Å². The standard InChI is InChI=1S/C26H26N4O4/c1-5-33-19-11-8-10-18(14-19)25(31)29-24-21(26(32)34-6-2)15-27-30(24)22-13-17(4)20-12-7-9-16(3)23(20)28-22/h7-15H,5-6H2,1-4H3,(H,29,31). The van der Waals surface area contributed by atoms with Crippen LogP contribution in [0.3, 0.4) is 0 Å². The largest absolute Gasteiger partial charge is 0.494 e. The van der Waals surface area contributed by atoms with Crippen molar-refractivity contribution < 1.29 is 19.1 Å². The van der Waals surface area contributed by atoms with Crippen molar-refractivity contribution in [3.8, 4) is 11.6 Å². The lowest BCUT2D eigenvalue weighted by molar-refractivity contribution is 0.0527. The van der Waals surface area contributed by atoms with Crippen LogP contribution in [0.15, 0.2) is 54.7 Å². The molecule has 0 atom stereocenters. The molecule has 8 heteroatoms. The van der Waals surface area contributed by atoms with Gasteiger partial charge < -0.3 is 14.8 Å². The van der Waals surface area contributed by atoms with Crippen LogP contribution >= 0.6 is 0 Å². The summed E-state index contributed by atoms with van der Waals surface area (Å²) < 4.78 is 12.1. The number of aryl methyl sites for hydroxylation is 2. The number of nitrogens with one attached hydrogen (secondary N) is 1. The Hall–Kier alpha value is -4.20. The molecule has 34 heavy (non-hydrogen) atoms. The number of esters is 1. The number of nitrogens with zero attached hydrogens (tertiary/aromatic N) is 3. The maximum Gasteiger partial charge on any atom is 0.343 e. The summed E-state index contributed by atoms with van der Waals surface area (Å²) in [5.74, 6) is 0.248. The van der Waals surface area contributed by atoms with Crippen molar-refractivity contribution in [3.05, 3.63) is 77.0 Å². The topological polar surface area (TPSA) is 95.3 Å². The maximum atomic E-state index is 13.1. The second kappa shape index (κ2) is 9.74. The number of carbonyl (C=O) groups excluding carboxylic acids is 2. The predicted octanol–water partition coefficient (Wildman–Crippen LogP) is 4.87. The molecule has 0 aliphatic rings. The molecule has 4 aromatic rings. The van der Waals surface area contributed by atoms with Crippen molar-refractivity contribution in [2.45, 2.75) is 27.7 Å². The molecule has 0 aliphatic heterocycles. The van der Waals surface area contributed by atoms with Crippen LogP contribution in [0.1, 0.15) is 45.7 Å². The van der Waals surface area contributed by atoms with Gasteiger partial charge in [0.2, 0.25) is 0 Å². The zero-order chi connectivity index (χ0) is 24.2. The first-order valence-electron chi connectivity index (χ1n) is 11.1. The van der Waals surface area contributed by atoms with Crippen molar-refractivity contribution in [2.75, 3.05) is 18.5 Å². The molecule has 0 bridgehead atoms. The third-order valence-electron chi connectivity index (χ3n) is 5.36. The van der Waals surface area contributed by atoms with E-state index in [1.54, 1.807) is 31.2 Å². The van der Waals surface area contributed by atoms with Crippen molar-refractivity contribution in [1.29, 1.82) is 0 Å². The zero-order valence-corrected chi connectivity index (χ0v) is 19.6. The van der Waals surface area contributed by atoms with Gasteiger partial charge in [-0.25, -0.2) is 9.78 Å². The van der Waals surface area contributed by atoms with Crippen LogP contribution in [0.25, 0.3) is 16.7 Å². The summed E-state index contributed by atoms with van der Waals surface area (Å²) in [5, 5.41) is 8.23. The molecule has 0 aliphatic carbocycles. The summed E-state index contributed by atoms with van der Waals surface area (Å²) in [6.45, 7) is 8.24. The Kier molecular flexibility index (Phi) is 6.58. The lowest BCUT2D eigenvalue weighted by Crippen LogP contribution is -2.18. The maximum absolute atomic E-state index is 13.1. The van der Waals surface area contributed by atoms with Crippen molar-refractivity contribution >= 4 is 28.6 Å². The minimum Gasteiger partial charge on any atom is -0.494 e. The molecule has 0 spiro atoms. The number of pyridine rings is 1. The lowest BCUT2D eigenvalue weighted by Gasteiger charge is -2.13. The second-order valence-electron chi connectivity index (χ2n) is 7.72. The third-order valence-corrected chi connectivity index (χ3v) is 5.36. The van der Waals surface area contributed by atoms with Crippen molar-refractivity contribution in [1.82, 2.24) is 14.8 Å². The molecular formula is C26H26N4O4. The van der Waals surface area contributed by atoms with Crippen LogP contribution in [0.2, 0.25) is 0 Å². The molecule has 0 unspecified atom stereocenters. The number of anilines is 1. The number of hydrogen-bond donors (Lipinski definition) is 1. The number of aromatic nitrogens is 3. The fraction of sp³-hybridized carbons (Fsp3) is 0.231. The first kappa shape index (κ1) is 23.0. The summed E-state index contributed by atoms with van der Waals surface area (Å²) in [4.78, 5) is 30.6. The van der Waals surface area contributed by atoms with Gasteiger partial charge in [-0.05, 0) is 63.1 Å². The van der Waals surface area contributed by atoms with Gasteiger partial charge in [-0.1, -0.05) is 24.3 Å². The van der Waals surface area contributed by atoms with E-state index in [1.165, 1.54) is 10.9 Å². The van der Waals surface area contributed by atoms with E-state index < -0.39 is 11.9 Å². The normalized spacial score (nSPS) is 10.8. The van der Waals surface area contributed by atoms with E-state index in [2.05, 4.69) is 10.4 Å². The predicted molar refractivity (Wildman–Crippen MR) is 130 cm³/mol. The molecule has 8 nitrogen and oxygen atoms in total. The summed E-state index contributed by atoms with van der Waals surface area (Å²) in [6.07, 6.45) is 1.38. The molecular weight excluding hydrogens is 432 g/mol. The van der Waals surface area contributed by atoms with Gasteiger partial charge in [0.15, 0.2) is 11.6 Å². The molecule has 2 aromatic carbocycles. The Labute approximate surface area is 197 Å². The van der Waals surface area contributed by atoms with Gasteiger partial charge in [-0.15, -0.1) is 0 Å². The van der Waals surface area contributed by atoms with E-state index >= 15 is 0 Å². The van der Waals surface area contributed by atoms with Crippen molar-refractivity contribution in [3.63, 3.8) is 0 Å². The summed E-state index contributed by atoms with van der Waals surface area (Å²) in [7, 11) is 0. The van der Waals surface area contributed by atoms with Crippen LogP contribution in [0.4, 0.5) is 5.82 Å². The van der Waals surface area contributed by atoms with Gasteiger partial charge >= 0.3 is 5.97 Å². The molecule has 2 aromatic heterocycles. The SMILES string of the molecule is CCOC(=O)c1cnn(-c2cc(C)c3cccc(C)c3n2)c1NC(=O)c1cccc(OCC)c1. The molecule has 0 fully saturated rings. The number of fused-ring (bicyclic) bond motifs is 1. The second-order valence-corrected chi connectivity index (χ2v) is 7.72. The number of amides is 1. The van der Waals surface area contributed by atoms with Gasteiger partial charge in [-0.2, -0.15) is 9.78 Å². The number of para-hydroxylation sites is 1. The molecule has 2 heterocycles. The van der Waals surface area contributed by atoms with Gasteiger partial charge in [0.1, 0.15) is 11.3 Å². The van der Waals surface area contributed by atoms with Crippen LogP contribution in [-0.2, 0) is 4.74 Å². The molecule has 174 valence electrons. The lowest BCUT2D eigenvalue weighted by atomic mass is 10.1. The van der Waals surface area contributed by atoms with E-state index in [4.69, 9.17) is 14.5 Å². The highest BCUT2D eigenvalue weighted by atomic mass is 16.5. The molecule has 0 saturated carbocycles. The fourth-order valence-electron chi connectivity index (χ4n) is 3.73. The molecule has 1 amide bonds. The molecule has 1 N–H and O–H groups in total. The highest BCUT2D eigenvalue weighted by Gasteiger charge is 2.23. The Balaban J connectivity index is 1.80. The highest BCUT2D eigenvalue weighted by molar-refractivity contribution is 6.07. The van der Waals surface area contributed by atoms with Crippen molar-refractivity contribution in [2.24, 2.45) is 0 Å². The number of carbonyl (C=O) groups is 2. The smallest absolute Gasteiger partial charge is 0.343 e. The Morgan fingerprint density at radius 1 is 1.00 bits per heavy atom. The highest BCUT2D eigenvalue weighted by Crippen LogP contribution is 2.26. The number of benzene rings is 2. The third kappa shape index (κ3) is 4.47. The van der Waals surface area contributed by atoms with Crippen LogP contribution in [-0.4, -0.2) is 39.9 Å². The number of rotatable bonds is 7. The van der Waals surface area contributed by atoms with Gasteiger partial charge in [0.05, 0.1) is 24.9 Å². The Morgan fingerprint density at radius 2 is 1.79 bits per heavy atom. The summed E-state index contributed by atoms with van der Waals surface area (Å²) >= 11 is 0. The van der Waals surface area contributed by atoms with E-state index in [-0.39, 0.29) is 18.0 Å². The average Bonchev–Trinajstić information content (AvgIpc) is 3.24. The Bertz CT molecular complexity index is 1380.